The normalized spacial score (nSPS) is 16.3. The first kappa shape index (κ1) is 19.4. The number of aromatic nitrogens is 2. The molecule has 0 aliphatic heterocycles. The van der Waals surface area contributed by atoms with Crippen LogP contribution in [0.25, 0.3) is 11.8 Å². The van der Waals surface area contributed by atoms with Gasteiger partial charge in [-0.05, 0) is 54.7 Å². The molecule has 1 aliphatic carbocycles. The highest BCUT2D eigenvalue weighted by Gasteiger charge is 2.25. The average molecular weight is 410 g/mol. The van der Waals surface area contributed by atoms with Crippen molar-refractivity contribution in [3.8, 4) is 11.4 Å². The lowest BCUT2D eigenvalue weighted by molar-refractivity contribution is 0.413. The molecule has 1 aliphatic rings. The SMILES string of the molecule is COc1cc(/C=C/S(=O)(=O)N[C@H]2CCc3ccccc32)ccc1-n1cnc(C)c1. The minimum Gasteiger partial charge on any atom is -0.495 e. The van der Waals surface area contributed by atoms with Gasteiger partial charge >= 0.3 is 0 Å². The number of rotatable bonds is 6. The van der Waals surface area contributed by atoms with E-state index in [2.05, 4.69) is 15.8 Å². The van der Waals surface area contributed by atoms with Crippen LogP contribution in [0.5, 0.6) is 5.75 Å². The van der Waals surface area contributed by atoms with Crippen LogP contribution in [0, 0.1) is 6.92 Å². The summed E-state index contributed by atoms with van der Waals surface area (Å²) in [6.45, 7) is 1.92. The van der Waals surface area contributed by atoms with E-state index in [1.54, 1.807) is 19.5 Å². The van der Waals surface area contributed by atoms with Crippen molar-refractivity contribution in [3.63, 3.8) is 0 Å². The maximum absolute atomic E-state index is 12.6. The van der Waals surface area contributed by atoms with E-state index in [9.17, 15) is 8.42 Å². The molecule has 0 saturated heterocycles. The molecule has 0 amide bonds. The number of hydrogen-bond donors (Lipinski definition) is 1. The van der Waals surface area contributed by atoms with Crippen LogP contribution in [0.15, 0.2) is 60.4 Å². The Labute approximate surface area is 170 Å². The van der Waals surface area contributed by atoms with Crippen LogP contribution in [-0.4, -0.2) is 25.1 Å². The minimum atomic E-state index is -3.57. The summed E-state index contributed by atoms with van der Waals surface area (Å²) in [4.78, 5) is 4.23. The number of aryl methyl sites for hydroxylation is 2. The Morgan fingerprint density at radius 1 is 1.24 bits per heavy atom. The lowest BCUT2D eigenvalue weighted by Crippen LogP contribution is -2.25. The maximum Gasteiger partial charge on any atom is 0.234 e. The fraction of sp³-hybridized carbons (Fsp3) is 0.227. The topological polar surface area (TPSA) is 73.2 Å². The molecular weight excluding hydrogens is 386 g/mol. The van der Waals surface area contributed by atoms with Crippen molar-refractivity contribution in [3.05, 3.63) is 82.8 Å². The molecule has 6 nitrogen and oxygen atoms in total. The van der Waals surface area contributed by atoms with E-state index in [1.807, 2.05) is 54.1 Å². The number of nitrogens with zero attached hydrogens (tertiary/aromatic N) is 2. The van der Waals surface area contributed by atoms with Crippen molar-refractivity contribution in [1.82, 2.24) is 14.3 Å². The Balaban J connectivity index is 1.52. The van der Waals surface area contributed by atoms with Gasteiger partial charge in [-0.1, -0.05) is 30.3 Å². The number of fused-ring (bicyclic) bond motifs is 1. The lowest BCUT2D eigenvalue weighted by atomic mass is 10.1. The van der Waals surface area contributed by atoms with Crippen LogP contribution in [0.4, 0.5) is 0 Å². The number of nitrogens with one attached hydrogen (secondary N) is 1. The highest BCUT2D eigenvalue weighted by molar-refractivity contribution is 7.92. The van der Waals surface area contributed by atoms with Gasteiger partial charge in [-0.2, -0.15) is 0 Å². The standard InChI is InChI=1S/C22H23N3O3S/c1-16-14-25(15-23-16)21-10-7-17(13-22(21)28-2)11-12-29(26,27)24-20-9-8-18-5-3-4-6-19(18)20/h3-7,10-15,20,24H,8-9H2,1-2H3/b12-11+/t20-/m0/s1. The first-order valence-corrected chi connectivity index (χ1v) is 11.0. The van der Waals surface area contributed by atoms with E-state index >= 15 is 0 Å². The Bertz CT molecular complexity index is 1170. The van der Waals surface area contributed by atoms with Crippen molar-refractivity contribution in [2.24, 2.45) is 0 Å². The van der Waals surface area contributed by atoms with Gasteiger partial charge in [-0.3, -0.25) is 0 Å². The first-order chi connectivity index (χ1) is 13.9. The zero-order valence-corrected chi connectivity index (χ0v) is 17.2. The quantitative estimate of drug-likeness (QED) is 0.673. The molecule has 0 spiro atoms. The van der Waals surface area contributed by atoms with E-state index in [4.69, 9.17) is 4.74 Å². The third-order valence-electron chi connectivity index (χ3n) is 5.07. The van der Waals surface area contributed by atoms with E-state index in [0.717, 1.165) is 35.3 Å². The van der Waals surface area contributed by atoms with Crippen LogP contribution in [-0.2, 0) is 16.4 Å². The summed E-state index contributed by atoms with van der Waals surface area (Å²) in [5.74, 6) is 0.639. The molecule has 150 valence electrons. The molecule has 0 bridgehead atoms. The minimum absolute atomic E-state index is 0.178. The second-order valence-electron chi connectivity index (χ2n) is 7.11. The van der Waals surface area contributed by atoms with E-state index in [-0.39, 0.29) is 6.04 Å². The molecule has 29 heavy (non-hydrogen) atoms. The van der Waals surface area contributed by atoms with Gasteiger partial charge in [0.25, 0.3) is 0 Å². The monoisotopic (exact) mass is 409 g/mol. The predicted octanol–water partition coefficient (Wildman–Crippen LogP) is 3.77. The van der Waals surface area contributed by atoms with Gasteiger partial charge in [0.1, 0.15) is 5.75 Å². The van der Waals surface area contributed by atoms with Gasteiger partial charge in [-0.25, -0.2) is 18.1 Å². The number of benzene rings is 2. The van der Waals surface area contributed by atoms with E-state index < -0.39 is 10.0 Å². The van der Waals surface area contributed by atoms with Gasteiger partial charge in [0, 0.05) is 17.6 Å². The van der Waals surface area contributed by atoms with Crippen molar-refractivity contribution >= 4 is 16.1 Å². The fourth-order valence-electron chi connectivity index (χ4n) is 3.65. The number of methoxy groups -OCH3 is 1. The molecule has 7 heteroatoms. The van der Waals surface area contributed by atoms with Crippen LogP contribution < -0.4 is 9.46 Å². The fourth-order valence-corrected chi connectivity index (χ4v) is 4.71. The van der Waals surface area contributed by atoms with Crippen LogP contribution in [0.1, 0.15) is 34.8 Å². The summed E-state index contributed by atoms with van der Waals surface area (Å²) in [5, 5.41) is 1.21. The number of hydrogen-bond acceptors (Lipinski definition) is 4. The first-order valence-electron chi connectivity index (χ1n) is 9.42. The molecule has 0 radical (unpaired) electrons. The van der Waals surface area contributed by atoms with Gasteiger partial charge in [-0.15, -0.1) is 0 Å². The van der Waals surface area contributed by atoms with Crippen LogP contribution >= 0.6 is 0 Å². The van der Waals surface area contributed by atoms with Crippen molar-refractivity contribution < 1.29 is 13.2 Å². The van der Waals surface area contributed by atoms with E-state index in [0.29, 0.717) is 5.75 Å². The largest absolute Gasteiger partial charge is 0.495 e. The zero-order chi connectivity index (χ0) is 20.4. The molecule has 4 rings (SSSR count). The molecule has 0 saturated carbocycles. The molecule has 3 aromatic rings. The maximum atomic E-state index is 12.6. The van der Waals surface area contributed by atoms with Crippen molar-refractivity contribution in [2.75, 3.05) is 7.11 Å². The summed E-state index contributed by atoms with van der Waals surface area (Å²) >= 11 is 0. The van der Waals surface area contributed by atoms with Crippen molar-refractivity contribution in [2.45, 2.75) is 25.8 Å². The molecule has 1 N–H and O–H groups in total. The zero-order valence-electron chi connectivity index (χ0n) is 16.4. The second kappa shape index (κ2) is 7.85. The number of sulfonamides is 1. The Hall–Kier alpha value is -2.90. The Kier molecular flexibility index (Phi) is 5.25. The number of ether oxygens (including phenoxy) is 1. The third-order valence-corrected chi connectivity index (χ3v) is 6.18. The van der Waals surface area contributed by atoms with Gasteiger partial charge in [0.15, 0.2) is 0 Å². The van der Waals surface area contributed by atoms with Gasteiger partial charge in [0.2, 0.25) is 10.0 Å². The third kappa shape index (κ3) is 4.26. The molecule has 2 aromatic carbocycles. The van der Waals surface area contributed by atoms with Crippen LogP contribution in [0.3, 0.4) is 0 Å². The number of imidazole rings is 1. The van der Waals surface area contributed by atoms with E-state index in [1.165, 1.54) is 11.0 Å². The average Bonchev–Trinajstić information content (AvgIpc) is 3.32. The second-order valence-corrected chi connectivity index (χ2v) is 8.71. The molecule has 1 atom stereocenters. The summed E-state index contributed by atoms with van der Waals surface area (Å²) < 4.78 is 35.3. The predicted molar refractivity (Wildman–Crippen MR) is 113 cm³/mol. The molecule has 1 heterocycles. The van der Waals surface area contributed by atoms with Crippen molar-refractivity contribution in [1.29, 1.82) is 0 Å². The smallest absolute Gasteiger partial charge is 0.234 e. The molecule has 1 aromatic heterocycles. The van der Waals surface area contributed by atoms with Gasteiger partial charge < -0.3 is 9.30 Å². The highest BCUT2D eigenvalue weighted by Crippen LogP contribution is 2.31. The lowest BCUT2D eigenvalue weighted by Gasteiger charge is -2.12. The van der Waals surface area contributed by atoms with Crippen LogP contribution in [0.2, 0.25) is 0 Å². The Morgan fingerprint density at radius 3 is 2.83 bits per heavy atom. The Morgan fingerprint density at radius 2 is 2.07 bits per heavy atom. The summed E-state index contributed by atoms with van der Waals surface area (Å²) in [7, 11) is -1.98. The summed E-state index contributed by atoms with van der Waals surface area (Å²) in [6, 6.07) is 13.3. The molecule has 0 unspecified atom stereocenters. The molecular formula is C22H23N3O3S. The van der Waals surface area contributed by atoms with Gasteiger partial charge in [0.05, 0.1) is 24.8 Å². The molecule has 0 fully saturated rings. The highest BCUT2D eigenvalue weighted by atomic mass is 32.2. The summed E-state index contributed by atoms with van der Waals surface area (Å²) in [6.07, 6.45) is 6.87. The summed E-state index contributed by atoms with van der Waals surface area (Å²) in [5.41, 5.74) is 4.75.